The summed E-state index contributed by atoms with van der Waals surface area (Å²) < 4.78 is 15.7. The Morgan fingerprint density at radius 3 is 2.07 bits per heavy atom. The third-order valence-electron chi connectivity index (χ3n) is 4.35. The van der Waals surface area contributed by atoms with Crippen LogP contribution in [0.4, 0.5) is 0 Å². The lowest BCUT2D eigenvalue weighted by Gasteiger charge is -2.28. The highest BCUT2D eigenvalue weighted by atomic mass is 16.6. The van der Waals surface area contributed by atoms with Gasteiger partial charge in [-0.3, -0.25) is 0 Å². The average molecular weight is 370 g/mol. The molecule has 27 heavy (non-hydrogen) atoms. The molecule has 0 spiro atoms. The van der Waals surface area contributed by atoms with Crippen molar-refractivity contribution in [1.29, 1.82) is 0 Å². The van der Waals surface area contributed by atoms with E-state index in [1.54, 1.807) is 24.3 Å². The number of hydrogen-bond acceptors (Lipinski definition) is 7. The summed E-state index contributed by atoms with van der Waals surface area (Å²) in [6.45, 7) is 0. The monoisotopic (exact) mass is 370 g/mol. The van der Waals surface area contributed by atoms with E-state index in [0.717, 1.165) is 0 Å². The van der Waals surface area contributed by atoms with E-state index in [0.29, 0.717) is 11.1 Å². The number of carbonyl (C=O) groups excluding carboxylic acids is 2. The molecular weight excluding hydrogens is 352 g/mol. The van der Waals surface area contributed by atoms with E-state index in [4.69, 9.17) is 14.2 Å². The number of aromatic hydroxyl groups is 2. The molecule has 2 N–H and O–H groups in total. The minimum atomic E-state index is -1.76. The Kier molecular flexibility index (Phi) is 4.77. The van der Waals surface area contributed by atoms with E-state index in [1.807, 2.05) is 0 Å². The lowest BCUT2D eigenvalue weighted by molar-refractivity contribution is -0.169. The number of phenolic OH excluding ortho intramolecular Hbond substituents is 2. The van der Waals surface area contributed by atoms with E-state index in [9.17, 15) is 19.8 Å². The Balaban J connectivity index is 2.19. The normalized spacial score (nSPS) is 19.0. The summed E-state index contributed by atoms with van der Waals surface area (Å²) in [5, 5.41) is 19.0. The molecule has 0 saturated heterocycles. The SMILES string of the molecule is COC(=O)[C@]1(Cc2ccc(O)cc2)OC(=O)C(OC)=C1c1ccc(O)cc1. The number of esters is 2. The molecule has 0 fully saturated rings. The van der Waals surface area contributed by atoms with Crippen LogP contribution in [0.5, 0.6) is 11.5 Å². The fourth-order valence-electron chi connectivity index (χ4n) is 3.13. The number of phenols is 2. The van der Waals surface area contributed by atoms with Gasteiger partial charge in [0.05, 0.1) is 19.8 Å². The predicted octanol–water partition coefficient (Wildman–Crippen LogP) is 2.17. The predicted molar refractivity (Wildman–Crippen MR) is 94.7 cm³/mol. The van der Waals surface area contributed by atoms with Gasteiger partial charge in [-0.15, -0.1) is 0 Å². The minimum Gasteiger partial charge on any atom is -0.508 e. The van der Waals surface area contributed by atoms with Gasteiger partial charge in [0.15, 0.2) is 0 Å². The fraction of sp³-hybridized carbons (Fsp3) is 0.200. The number of carbonyl (C=O) groups is 2. The van der Waals surface area contributed by atoms with Crippen LogP contribution in [0.2, 0.25) is 0 Å². The number of methoxy groups -OCH3 is 2. The molecule has 1 atom stereocenters. The molecule has 140 valence electrons. The molecular formula is C20H18O7. The van der Waals surface area contributed by atoms with Crippen LogP contribution in [0.25, 0.3) is 5.57 Å². The van der Waals surface area contributed by atoms with Gasteiger partial charge in [-0.2, -0.15) is 0 Å². The number of ether oxygens (including phenoxy) is 3. The van der Waals surface area contributed by atoms with Gasteiger partial charge < -0.3 is 24.4 Å². The van der Waals surface area contributed by atoms with Gasteiger partial charge in [0, 0.05) is 6.42 Å². The molecule has 7 heteroatoms. The zero-order valence-electron chi connectivity index (χ0n) is 14.8. The third kappa shape index (κ3) is 3.19. The van der Waals surface area contributed by atoms with E-state index >= 15 is 0 Å². The van der Waals surface area contributed by atoms with Crippen LogP contribution in [0, 0.1) is 0 Å². The summed E-state index contributed by atoms with van der Waals surface area (Å²) in [6.07, 6.45) is -0.0191. The van der Waals surface area contributed by atoms with Gasteiger partial charge in [0.2, 0.25) is 11.4 Å². The van der Waals surface area contributed by atoms with E-state index in [1.165, 1.54) is 38.5 Å². The Bertz CT molecular complexity index is 897. The molecule has 7 nitrogen and oxygen atoms in total. The molecule has 2 aromatic rings. The zero-order valence-corrected chi connectivity index (χ0v) is 14.8. The van der Waals surface area contributed by atoms with Crippen molar-refractivity contribution in [3.63, 3.8) is 0 Å². The highest BCUT2D eigenvalue weighted by Crippen LogP contribution is 2.43. The molecule has 0 aromatic heterocycles. The smallest absolute Gasteiger partial charge is 0.375 e. The number of benzene rings is 2. The molecule has 1 aliphatic rings. The van der Waals surface area contributed by atoms with Gasteiger partial charge in [-0.1, -0.05) is 24.3 Å². The Labute approximate surface area is 155 Å². The molecule has 1 heterocycles. The lowest BCUT2D eigenvalue weighted by Crippen LogP contribution is -2.44. The number of cyclic esters (lactones) is 1. The molecule has 0 saturated carbocycles. The second-order valence-electron chi connectivity index (χ2n) is 6.01. The largest absolute Gasteiger partial charge is 0.508 e. The van der Waals surface area contributed by atoms with Crippen molar-refractivity contribution in [3.05, 3.63) is 65.4 Å². The van der Waals surface area contributed by atoms with Crippen LogP contribution >= 0.6 is 0 Å². The maximum absolute atomic E-state index is 12.8. The summed E-state index contributed by atoms with van der Waals surface area (Å²) in [7, 11) is 2.51. The summed E-state index contributed by atoms with van der Waals surface area (Å²) >= 11 is 0. The van der Waals surface area contributed by atoms with Crippen LogP contribution < -0.4 is 0 Å². The lowest BCUT2D eigenvalue weighted by atomic mass is 9.83. The molecule has 0 amide bonds. The summed E-state index contributed by atoms with van der Waals surface area (Å²) in [5.41, 5.74) is -0.431. The van der Waals surface area contributed by atoms with Crippen molar-refractivity contribution in [2.75, 3.05) is 14.2 Å². The third-order valence-corrected chi connectivity index (χ3v) is 4.35. The molecule has 1 aliphatic heterocycles. The molecule has 2 aromatic carbocycles. The highest BCUT2D eigenvalue weighted by molar-refractivity contribution is 6.11. The number of rotatable bonds is 5. The van der Waals surface area contributed by atoms with Gasteiger partial charge >= 0.3 is 11.9 Å². The first-order chi connectivity index (χ1) is 12.9. The Hall–Kier alpha value is -3.48. The van der Waals surface area contributed by atoms with Crippen molar-refractivity contribution in [2.45, 2.75) is 12.0 Å². The van der Waals surface area contributed by atoms with Crippen LogP contribution in [0.1, 0.15) is 11.1 Å². The summed E-state index contributed by atoms with van der Waals surface area (Å²) in [4.78, 5) is 25.2. The zero-order chi connectivity index (χ0) is 19.6. The molecule has 3 rings (SSSR count). The fourth-order valence-corrected chi connectivity index (χ4v) is 3.13. The summed E-state index contributed by atoms with van der Waals surface area (Å²) in [6, 6.07) is 12.2. The van der Waals surface area contributed by atoms with Gasteiger partial charge in [0.25, 0.3) is 0 Å². The average Bonchev–Trinajstić information content (AvgIpc) is 2.95. The van der Waals surface area contributed by atoms with Crippen molar-refractivity contribution >= 4 is 17.5 Å². The van der Waals surface area contributed by atoms with E-state index in [-0.39, 0.29) is 29.3 Å². The topological polar surface area (TPSA) is 102 Å². The molecule has 0 bridgehead atoms. The molecule has 0 unspecified atom stereocenters. The van der Waals surface area contributed by atoms with Crippen LogP contribution in [-0.4, -0.2) is 42.0 Å². The number of hydrogen-bond donors (Lipinski definition) is 2. The van der Waals surface area contributed by atoms with Crippen LogP contribution in [0.3, 0.4) is 0 Å². The van der Waals surface area contributed by atoms with E-state index in [2.05, 4.69) is 0 Å². The second-order valence-corrected chi connectivity index (χ2v) is 6.01. The van der Waals surface area contributed by atoms with Gasteiger partial charge in [0.1, 0.15) is 11.5 Å². The second kappa shape index (κ2) is 7.03. The Morgan fingerprint density at radius 2 is 1.56 bits per heavy atom. The molecule has 0 aliphatic carbocycles. The minimum absolute atomic E-state index is 0.0191. The van der Waals surface area contributed by atoms with Crippen LogP contribution in [-0.2, 0) is 30.2 Å². The van der Waals surface area contributed by atoms with Crippen molar-refractivity contribution < 1.29 is 34.0 Å². The molecule has 0 radical (unpaired) electrons. The van der Waals surface area contributed by atoms with E-state index < -0.39 is 17.5 Å². The van der Waals surface area contributed by atoms with Gasteiger partial charge in [-0.25, -0.2) is 9.59 Å². The standard InChI is InChI=1S/C20H18O7/c1-25-17-16(13-5-9-15(22)10-6-13)20(19(24)26-2,27-18(17)23)11-12-3-7-14(21)8-4-12/h3-10,21-22H,11H2,1-2H3/t20-/m1/s1. The first-order valence-corrected chi connectivity index (χ1v) is 8.09. The summed E-state index contributed by atoms with van der Waals surface area (Å²) in [5.74, 6) is -1.56. The maximum Gasteiger partial charge on any atom is 0.375 e. The van der Waals surface area contributed by atoms with Gasteiger partial charge in [-0.05, 0) is 35.4 Å². The van der Waals surface area contributed by atoms with Crippen molar-refractivity contribution in [2.24, 2.45) is 0 Å². The van der Waals surface area contributed by atoms with Crippen LogP contribution in [0.15, 0.2) is 54.3 Å². The van der Waals surface area contributed by atoms with Crippen molar-refractivity contribution in [3.8, 4) is 11.5 Å². The first kappa shape index (κ1) is 18.3. The first-order valence-electron chi connectivity index (χ1n) is 8.09. The Morgan fingerprint density at radius 1 is 1.00 bits per heavy atom. The quantitative estimate of drug-likeness (QED) is 0.778. The highest BCUT2D eigenvalue weighted by Gasteiger charge is 2.56. The maximum atomic E-state index is 12.8. The van der Waals surface area contributed by atoms with Crippen molar-refractivity contribution in [1.82, 2.24) is 0 Å².